The molecule has 0 unspecified atom stereocenters. The van der Waals surface area contributed by atoms with Gasteiger partial charge in [0, 0.05) is 33.0 Å². The third-order valence-corrected chi connectivity index (χ3v) is 12.5. The third-order valence-electron chi connectivity index (χ3n) is 12.5. The normalized spacial score (nSPS) is 14.3. The lowest BCUT2D eigenvalue weighted by Crippen LogP contribution is -2.15. The summed E-state index contributed by atoms with van der Waals surface area (Å²) in [4.78, 5) is 5.35. The van der Waals surface area contributed by atoms with Gasteiger partial charge < -0.3 is 4.57 Å². The van der Waals surface area contributed by atoms with Crippen molar-refractivity contribution in [2.75, 3.05) is 0 Å². The van der Waals surface area contributed by atoms with E-state index in [0.29, 0.717) is 0 Å². The molecule has 11 rings (SSSR count). The number of hydrogen-bond acceptors (Lipinski definition) is 1. The topological polar surface area (TPSA) is 17.3 Å². The quantitative estimate of drug-likeness (QED) is 0.161. The molecule has 0 bridgehead atoms. The summed E-state index contributed by atoms with van der Waals surface area (Å²) in [6, 6.07) is 70.6. The number of rotatable bonds is 6. The lowest BCUT2D eigenvalue weighted by Gasteiger charge is -2.22. The van der Waals surface area contributed by atoms with E-state index in [0.717, 1.165) is 29.0 Å². The maximum atomic E-state index is 5.35. The Balaban J connectivity index is 0.987. The van der Waals surface area contributed by atoms with Gasteiger partial charge in [-0.05, 0) is 111 Å². The molecule has 1 aliphatic carbocycles. The Morgan fingerprint density at radius 2 is 1.10 bits per heavy atom. The highest BCUT2D eigenvalue weighted by molar-refractivity contribution is 6.15. The number of fused-ring (bicyclic) bond motifs is 6. The highest BCUT2D eigenvalue weighted by Crippen LogP contribution is 2.53. The molecule has 0 spiro atoms. The van der Waals surface area contributed by atoms with E-state index in [1.165, 1.54) is 83.1 Å². The molecule has 0 amide bonds. The van der Waals surface area contributed by atoms with Crippen molar-refractivity contribution in [3.05, 3.63) is 234 Å². The van der Waals surface area contributed by atoms with Crippen LogP contribution in [0.1, 0.15) is 48.1 Å². The molecule has 0 saturated carbocycles. The van der Waals surface area contributed by atoms with Crippen LogP contribution in [0.15, 0.2) is 211 Å². The lowest BCUT2D eigenvalue weighted by molar-refractivity contribution is 0.660. The van der Waals surface area contributed by atoms with Crippen molar-refractivity contribution >= 4 is 38.8 Å². The average molecular weight is 755 g/mol. The maximum absolute atomic E-state index is 5.35. The zero-order chi connectivity index (χ0) is 39.5. The summed E-state index contributed by atoms with van der Waals surface area (Å²) >= 11 is 0. The molecule has 8 aromatic carbocycles. The molecule has 59 heavy (non-hydrogen) atoms. The molecule has 0 fully saturated rings. The molecule has 2 heteroatoms. The molecular weight excluding hydrogens is 713 g/mol. The predicted octanol–water partition coefficient (Wildman–Crippen LogP) is 14.7. The van der Waals surface area contributed by atoms with Gasteiger partial charge >= 0.3 is 0 Å². The van der Waals surface area contributed by atoms with E-state index in [9.17, 15) is 0 Å². The predicted molar refractivity (Wildman–Crippen MR) is 249 cm³/mol. The van der Waals surface area contributed by atoms with Gasteiger partial charge in [-0.2, -0.15) is 0 Å². The molecule has 2 heterocycles. The van der Waals surface area contributed by atoms with Crippen LogP contribution in [0, 0.1) is 0 Å². The number of aromatic nitrogens is 1. The first-order chi connectivity index (χ1) is 29.0. The minimum absolute atomic E-state index is 0.167. The van der Waals surface area contributed by atoms with Crippen molar-refractivity contribution in [2.45, 2.75) is 25.7 Å². The summed E-state index contributed by atoms with van der Waals surface area (Å²) in [5.41, 5.74) is 20.4. The van der Waals surface area contributed by atoms with Crippen LogP contribution in [0.5, 0.6) is 0 Å². The highest BCUT2D eigenvalue weighted by atomic mass is 15.0. The van der Waals surface area contributed by atoms with Crippen molar-refractivity contribution in [2.24, 2.45) is 4.99 Å². The SMILES string of the molecule is CC1(C)c2cc(-c3ccc4c(c3)c3ccccc3n4-c3ccccc3)ccc2-c2c(-c3cccc(C4=CCC(c5ccccc5)=CC(c5ccccc5)=N4)c3)cccc21. The minimum Gasteiger partial charge on any atom is -0.309 e. The zero-order valence-electron chi connectivity index (χ0n) is 33.2. The van der Waals surface area contributed by atoms with Gasteiger partial charge in [-0.15, -0.1) is 0 Å². The number of nitrogens with zero attached hydrogens (tertiary/aromatic N) is 2. The van der Waals surface area contributed by atoms with E-state index >= 15 is 0 Å². The summed E-state index contributed by atoms with van der Waals surface area (Å²) in [7, 11) is 0. The molecule has 9 aromatic rings. The average Bonchev–Trinajstić information content (AvgIpc) is 3.62. The Kier molecular flexibility index (Phi) is 8.27. The Morgan fingerprint density at radius 1 is 0.458 bits per heavy atom. The first kappa shape index (κ1) is 34.9. The van der Waals surface area contributed by atoms with Crippen LogP contribution in [0.2, 0.25) is 0 Å². The van der Waals surface area contributed by atoms with E-state index < -0.39 is 0 Å². The van der Waals surface area contributed by atoms with Crippen molar-refractivity contribution < 1.29 is 0 Å². The first-order valence-electron chi connectivity index (χ1n) is 20.6. The zero-order valence-corrected chi connectivity index (χ0v) is 33.2. The summed E-state index contributed by atoms with van der Waals surface area (Å²) < 4.78 is 2.38. The molecule has 1 aliphatic heterocycles. The van der Waals surface area contributed by atoms with Gasteiger partial charge in [-0.25, -0.2) is 4.99 Å². The van der Waals surface area contributed by atoms with E-state index in [2.05, 4.69) is 225 Å². The van der Waals surface area contributed by atoms with Crippen LogP contribution in [0.4, 0.5) is 0 Å². The molecular formula is C57H42N2. The molecule has 0 radical (unpaired) electrons. The van der Waals surface area contributed by atoms with Gasteiger partial charge in [0.25, 0.3) is 0 Å². The Morgan fingerprint density at radius 3 is 1.92 bits per heavy atom. The lowest BCUT2D eigenvalue weighted by atomic mass is 9.81. The van der Waals surface area contributed by atoms with Gasteiger partial charge in [0.05, 0.1) is 22.4 Å². The second kappa shape index (κ2) is 14.0. The van der Waals surface area contributed by atoms with E-state index in [4.69, 9.17) is 4.99 Å². The number of allylic oxidation sites excluding steroid dienone is 3. The molecule has 280 valence electrons. The summed E-state index contributed by atoms with van der Waals surface area (Å²) in [5.74, 6) is 0. The van der Waals surface area contributed by atoms with Gasteiger partial charge in [0.2, 0.25) is 0 Å². The first-order valence-corrected chi connectivity index (χ1v) is 20.6. The second-order valence-corrected chi connectivity index (χ2v) is 16.3. The second-order valence-electron chi connectivity index (χ2n) is 16.3. The van der Waals surface area contributed by atoms with Crippen LogP contribution in [-0.2, 0) is 5.41 Å². The molecule has 2 aliphatic rings. The minimum atomic E-state index is -0.167. The molecule has 2 nitrogen and oxygen atoms in total. The van der Waals surface area contributed by atoms with E-state index in [1.54, 1.807) is 0 Å². The van der Waals surface area contributed by atoms with Crippen molar-refractivity contribution in [1.29, 1.82) is 0 Å². The van der Waals surface area contributed by atoms with Crippen LogP contribution in [0.25, 0.3) is 72.1 Å². The standard InChI is InChI=1S/C57H42N2/c1-57(2)50-26-15-25-46(43-20-14-21-44(34-43)52-32-29-42(38-16-6-3-7-17-38)37-53(58-52)39-18-8-4-9-19-39)56(50)48-31-28-41(36-51(48)57)40-30-33-55-49(35-40)47-24-12-13-27-54(47)59(55)45-22-10-5-11-23-45/h3-28,30-37H,29H2,1-2H3. The third kappa shape index (κ3) is 5.91. The summed E-state index contributed by atoms with van der Waals surface area (Å²) in [5, 5.41) is 2.53. The van der Waals surface area contributed by atoms with Crippen LogP contribution in [0.3, 0.4) is 0 Å². The van der Waals surface area contributed by atoms with Gasteiger partial charge in [0.1, 0.15) is 0 Å². The van der Waals surface area contributed by atoms with Gasteiger partial charge in [-0.1, -0.05) is 172 Å². The Labute approximate surface area is 345 Å². The smallest absolute Gasteiger partial charge is 0.0712 e. The number of benzene rings is 8. The number of para-hydroxylation sites is 2. The van der Waals surface area contributed by atoms with E-state index in [1.807, 2.05) is 0 Å². The molecule has 0 N–H and O–H groups in total. The fraction of sp³-hybridized carbons (Fsp3) is 0.0702. The Hall–Kier alpha value is -7.29. The van der Waals surface area contributed by atoms with Crippen LogP contribution < -0.4 is 0 Å². The van der Waals surface area contributed by atoms with Crippen LogP contribution >= 0.6 is 0 Å². The maximum Gasteiger partial charge on any atom is 0.0712 e. The summed E-state index contributed by atoms with van der Waals surface area (Å²) in [6.07, 6.45) is 5.35. The van der Waals surface area contributed by atoms with E-state index in [-0.39, 0.29) is 5.41 Å². The number of aliphatic imine (C=N–C) groups is 1. The fourth-order valence-corrected chi connectivity index (χ4v) is 9.49. The monoisotopic (exact) mass is 754 g/mol. The van der Waals surface area contributed by atoms with Crippen LogP contribution in [-0.4, -0.2) is 10.3 Å². The van der Waals surface area contributed by atoms with Crippen molar-refractivity contribution in [3.63, 3.8) is 0 Å². The molecule has 0 saturated heterocycles. The summed E-state index contributed by atoms with van der Waals surface area (Å²) in [6.45, 7) is 4.76. The van der Waals surface area contributed by atoms with Crippen molar-refractivity contribution in [3.8, 4) is 39.1 Å². The Bertz CT molecular complexity index is 3180. The molecule has 1 aromatic heterocycles. The largest absolute Gasteiger partial charge is 0.309 e. The molecule has 0 atom stereocenters. The van der Waals surface area contributed by atoms with Gasteiger partial charge in [0.15, 0.2) is 0 Å². The van der Waals surface area contributed by atoms with Gasteiger partial charge in [-0.3, -0.25) is 0 Å². The number of hydrogen-bond donors (Lipinski definition) is 0. The van der Waals surface area contributed by atoms with Crippen molar-refractivity contribution in [1.82, 2.24) is 4.57 Å². The highest BCUT2D eigenvalue weighted by Gasteiger charge is 2.37. The fourth-order valence-electron chi connectivity index (χ4n) is 9.49.